The number of benzene rings is 2. The molecule has 0 aliphatic rings. The molecule has 0 spiro atoms. The topological polar surface area (TPSA) is 42.1 Å². The number of hydrogen-bond acceptors (Lipinski definition) is 3. The third-order valence-electron chi connectivity index (χ3n) is 4.26. The van der Waals surface area contributed by atoms with Crippen LogP contribution in [0, 0.1) is 5.82 Å². The van der Waals surface area contributed by atoms with Crippen LogP contribution in [0.5, 0.6) is 0 Å². The van der Waals surface area contributed by atoms with Crippen LogP contribution >= 0.6 is 11.6 Å². The summed E-state index contributed by atoms with van der Waals surface area (Å²) in [6.07, 6.45) is 3.53. The zero-order chi connectivity index (χ0) is 18.4. The lowest BCUT2D eigenvalue weighted by Gasteiger charge is -2.23. The van der Waals surface area contributed by atoms with Crippen LogP contribution in [0.2, 0.25) is 5.02 Å². The van der Waals surface area contributed by atoms with E-state index in [1.54, 1.807) is 24.5 Å². The number of nitrogens with zero attached hydrogens (tertiary/aromatic N) is 2. The summed E-state index contributed by atoms with van der Waals surface area (Å²) in [5, 5.41) is 0.447. The van der Waals surface area contributed by atoms with Gasteiger partial charge in [-0.25, -0.2) is 4.39 Å². The van der Waals surface area contributed by atoms with Crippen molar-refractivity contribution in [2.45, 2.75) is 26.2 Å². The van der Waals surface area contributed by atoms with E-state index in [9.17, 15) is 4.39 Å². The molecule has 0 aliphatic heterocycles. The van der Waals surface area contributed by atoms with Gasteiger partial charge in [0.1, 0.15) is 5.82 Å². The fourth-order valence-corrected chi connectivity index (χ4v) is 3.08. The minimum absolute atomic E-state index is 0.282. The van der Waals surface area contributed by atoms with Gasteiger partial charge in [0.05, 0.1) is 0 Å². The minimum Gasteiger partial charge on any atom is -0.326 e. The lowest BCUT2D eigenvalue weighted by atomic mass is 10.1. The number of pyridine rings is 1. The van der Waals surface area contributed by atoms with E-state index in [0.29, 0.717) is 36.8 Å². The van der Waals surface area contributed by atoms with Gasteiger partial charge in [0.15, 0.2) is 0 Å². The highest BCUT2D eigenvalue weighted by Gasteiger charge is 2.14. The number of aromatic nitrogens is 1. The van der Waals surface area contributed by atoms with Crippen LogP contribution in [-0.2, 0) is 26.2 Å². The second-order valence-electron chi connectivity index (χ2n) is 6.22. The predicted molar refractivity (Wildman–Crippen MR) is 103 cm³/mol. The van der Waals surface area contributed by atoms with E-state index in [4.69, 9.17) is 17.3 Å². The van der Waals surface area contributed by atoms with Crippen molar-refractivity contribution in [2.24, 2.45) is 5.73 Å². The molecule has 0 bridgehead atoms. The van der Waals surface area contributed by atoms with Crippen molar-refractivity contribution in [3.8, 4) is 0 Å². The van der Waals surface area contributed by atoms with Crippen molar-refractivity contribution in [3.05, 3.63) is 100 Å². The number of rotatable bonds is 7. The first kappa shape index (κ1) is 18.5. The molecule has 0 atom stereocenters. The van der Waals surface area contributed by atoms with Crippen LogP contribution < -0.4 is 5.73 Å². The summed E-state index contributed by atoms with van der Waals surface area (Å²) in [7, 11) is 0. The average molecular weight is 370 g/mol. The lowest BCUT2D eigenvalue weighted by molar-refractivity contribution is 0.244. The second kappa shape index (κ2) is 8.90. The number of halogens is 2. The highest BCUT2D eigenvalue weighted by atomic mass is 35.5. The number of hydrogen-bond donors (Lipinski definition) is 1. The summed E-state index contributed by atoms with van der Waals surface area (Å²) < 4.78 is 14.3. The van der Waals surface area contributed by atoms with E-state index >= 15 is 0 Å². The Morgan fingerprint density at radius 1 is 0.846 bits per heavy atom. The second-order valence-corrected chi connectivity index (χ2v) is 6.63. The normalized spacial score (nSPS) is 11.1. The summed E-state index contributed by atoms with van der Waals surface area (Å²) in [6.45, 7) is 2.29. The summed E-state index contributed by atoms with van der Waals surface area (Å²) in [5.41, 5.74) is 9.53. The third-order valence-corrected chi connectivity index (χ3v) is 4.62. The van der Waals surface area contributed by atoms with Crippen molar-refractivity contribution in [2.75, 3.05) is 0 Å². The molecule has 0 unspecified atom stereocenters. The van der Waals surface area contributed by atoms with E-state index in [1.165, 1.54) is 6.07 Å². The average Bonchev–Trinajstić information content (AvgIpc) is 2.66. The Labute approximate surface area is 158 Å². The van der Waals surface area contributed by atoms with Gasteiger partial charge >= 0.3 is 0 Å². The third kappa shape index (κ3) is 4.88. The maximum absolute atomic E-state index is 14.3. The molecule has 0 aliphatic carbocycles. The molecule has 5 heteroatoms. The van der Waals surface area contributed by atoms with Gasteiger partial charge < -0.3 is 5.73 Å². The Balaban J connectivity index is 1.83. The molecule has 3 rings (SSSR count). The summed E-state index contributed by atoms with van der Waals surface area (Å²) in [4.78, 5) is 6.22. The van der Waals surface area contributed by atoms with E-state index in [0.717, 1.165) is 16.7 Å². The molecule has 0 radical (unpaired) electrons. The molecule has 1 heterocycles. The van der Waals surface area contributed by atoms with Crippen LogP contribution in [0.15, 0.2) is 67.0 Å². The molecule has 26 heavy (non-hydrogen) atoms. The van der Waals surface area contributed by atoms with Crippen molar-refractivity contribution >= 4 is 11.6 Å². The summed E-state index contributed by atoms with van der Waals surface area (Å²) >= 11 is 6.23. The zero-order valence-electron chi connectivity index (χ0n) is 14.4. The highest BCUT2D eigenvalue weighted by Crippen LogP contribution is 2.23. The minimum atomic E-state index is -0.282. The molecular weight excluding hydrogens is 349 g/mol. The number of nitrogens with two attached hydrogens (primary N) is 1. The largest absolute Gasteiger partial charge is 0.326 e. The quantitative estimate of drug-likeness (QED) is 0.665. The van der Waals surface area contributed by atoms with Gasteiger partial charge in [-0.15, -0.1) is 0 Å². The molecule has 0 fully saturated rings. The Morgan fingerprint density at radius 3 is 2.08 bits per heavy atom. The van der Waals surface area contributed by atoms with Crippen LogP contribution in [0.3, 0.4) is 0 Å². The Hall–Kier alpha value is -2.27. The Kier molecular flexibility index (Phi) is 6.34. The van der Waals surface area contributed by atoms with Gasteiger partial charge in [-0.2, -0.15) is 0 Å². The van der Waals surface area contributed by atoms with Gasteiger partial charge in [0, 0.05) is 49.2 Å². The molecule has 2 N–H and O–H groups in total. The molecule has 2 aromatic carbocycles. The molecule has 134 valence electrons. The maximum Gasteiger partial charge on any atom is 0.129 e. The van der Waals surface area contributed by atoms with E-state index in [-0.39, 0.29) is 5.82 Å². The van der Waals surface area contributed by atoms with Gasteiger partial charge in [0.2, 0.25) is 0 Å². The lowest BCUT2D eigenvalue weighted by Crippen LogP contribution is -2.23. The standard InChI is InChI=1S/C21H21ClFN3/c22-20-2-1-3-21(23)19(20)15-26(14-18-8-10-25-11-9-18)13-17-6-4-16(12-24)5-7-17/h1-11H,12-15,24H2. The first-order valence-electron chi connectivity index (χ1n) is 8.47. The van der Waals surface area contributed by atoms with Gasteiger partial charge in [0.25, 0.3) is 0 Å². The highest BCUT2D eigenvalue weighted by molar-refractivity contribution is 6.31. The van der Waals surface area contributed by atoms with E-state index in [1.807, 2.05) is 24.3 Å². The van der Waals surface area contributed by atoms with Crippen LogP contribution in [0.25, 0.3) is 0 Å². The van der Waals surface area contributed by atoms with Crippen LogP contribution in [0.1, 0.15) is 22.3 Å². The van der Waals surface area contributed by atoms with Crippen molar-refractivity contribution in [1.82, 2.24) is 9.88 Å². The first-order valence-corrected chi connectivity index (χ1v) is 8.85. The van der Waals surface area contributed by atoms with Gasteiger partial charge in [-0.3, -0.25) is 9.88 Å². The molecule has 3 aromatic rings. The first-order chi connectivity index (χ1) is 12.7. The molecule has 0 amide bonds. The zero-order valence-corrected chi connectivity index (χ0v) is 15.2. The van der Waals surface area contributed by atoms with Crippen molar-refractivity contribution < 1.29 is 4.39 Å². The fourth-order valence-electron chi connectivity index (χ4n) is 2.86. The monoisotopic (exact) mass is 369 g/mol. The molecule has 0 saturated heterocycles. The van der Waals surface area contributed by atoms with Crippen LogP contribution in [0.4, 0.5) is 4.39 Å². The Morgan fingerprint density at radius 2 is 1.46 bits per heavy atom. The van der Waals surface area contributed by atoms with Crippen LogP contribution in [-0.4, -0.2) is 9.88 Å². The SMILES string of the molecule is NCc1ccc(CN(Cc2ccncc2)Cc2c(F)cccc2Cl)cc1. The van der Waals surface area contributed by atoms with E-state index in [2.05, 4.69) is 22.0 Å². The smallest absolute Gasteiger partial charge is 0.129 e. The summed E-state index contributed by atoms with van der Waals surface area (Å²) in [6, 6.07) is 16.9. The molecular formula is C21H21ClFN3. The predicted octanol–water partition coefficient (Wildman–Crippen LogP) is 4.54. The fraction of sp³-hybridized carbons (Fsp3) is 0.190. The van der Waals surface area contributed by atoms with Crippen molar-refractivity contribution in [1.29, 1.82) is 0 Å². The summed E-state index contributed by atoms with van der Waals surface area (Å²) in [5.74, 6) is -0.282. The molecule has 0 saturated carbocycles. The van der Waals surface area contributed by atoms with Crippen molar-refractivity contribution in [3.63, 3.8) is 0 Å². The molecule has 1 aromatic heterocycles. The van der Waals surface area contributed by atoms with Gasteiger partial charge in [-0.05, 0) is 41.0 Å². The van der Waals surface area contributed by atoms with E-state index < -0.39 is 0 Å². The molecule has 3 nitrogen and oxygen atoms in total. The van der Waals surface area contributed by atoms with Gasteiger partial charge in [-0.1, -0.05) is 41.9 Å². The Bertz CT molecular complexity index is 817. The maximum atomic E-state index is 14.3.